The van der Waals surface area contributed by atoms with E-state index in [-0.39, 0.29) is 55.4 Å². The number of carboxylic acid groups (broad SMARTS) is 1. The summed E-state index contributed by atoms with van der Waals surface area (Å²) in [6, 6.07) is 5.12. The Morgan fingerprint density at radius 1 is 0.924 bits per heavy atom. The number of rotatable bonds is 9. The molecule has 1 unspecified atom stereocenters. The van der Waals surface area contributed by atoms with Gasteiger partial charge in [0, 0.05) is 50.9 Å². The van der Waals surface area contributed by atoms with Crippen molar-refractivity contribution in [2.45, 2.75) is 154 Å². The Morgan fingerprint density at radius 2 is 1.62 bits per heavy atom. The maximum atomic E-state index is 14.5. The first-order valence-electron chi connectivity index (χ1n) is 23.5. The molecule has 2 bridgehead atoms. The maximum Gasteiger partial charge on any atom is 0.335 e. The van der Waals surface area contributed by atoms with Crippen molar-refractivity contribution in [1.29, 1.82) is 0 Å². The molecule has 14 atom stereocenters. The molecular formula is C51H71NO14. The molecule has 2 saturated heterocycles. The van der Waals surface area contributed by atoms with Gasteiger partial charge in [0.25, 0.3) is 11.7 Å². The number of benzene rings is 1. The molecular weight excluding hydrogens is 851 g/mol. The zero-order chi connectivity index (χ0) is 48.5. The highest BCUT2D eigenvalue weighted by atomic mass is 16.7. The number of carboxylic acids is 1. The standard InChI is InChI=1S/C51H71NO14/c1-29-21-30(2)23-44(64-7)46-38(28-53)25-32(4)51(62,66-46)47(57)48(58)52-20-9-8-13-39(52)50(61)65-45(31(3)24-35-16-19-40(54)43(26-35)63-6)33(5)41(55)27-42(56)37(22-29)12-10-11-34-14-17-36(18-15-34)49(59)60/h10-11,14-15,17-18,22,24,28,30,32-33,35,37-41,43-46,54-55,62H,8-9,12-13,16,19-21,23,25-27H2,1-7H3,(H,59,60)/b11-10+,29-22+,31-24+/t30-,32+,33+,35-,37?,38+,39-,40+,41-,43+,44-,45+,46-,51+/m0/s1. The number of esters is 1. The zero-order valence-corrected chi connectivity index (χ0v) is 39.5. The van der Waals surface area contributed by atoms with Gasteiger partial charge in [-0.15, -0.1) is 0 Å². The second kappa shape index (κ2) is 23.6. The first-order chi connectivity index (χ1) is 31.3. The highest BCUT2D eigenvalue weighted by Gasteiger charge is 2.56. The number of carbonyl (C=O) groups excluding carboxylic acids is 5. The largest absolute Gasteiger partial charge is 0.478 e. The number of allylic oxidation sites excluding steroid dienone is 4. The molecule has 0 radical (unpaired) electrons. The van der Waals surface area contributed by atoms with E-state index in [2.05, 4.69) is 0 Å². The molecule has 5 rings (SSSR count). The SMILES string of the molecule is CO[C@H]1C[C@@H](C)C/C(C)=C/C(C/C=C/c2ccc(C(=O)O)cc2)C(=O)C[C@H](O)[C@@H](C)[C@@H](/C(C)=C/[C@@H]2CC[C@@H](O)[C@H](OC)C2)OC(=O)[C@@H]2CCCCN2C(=O)C(=O)[C@]2(O)O[C@H]1[C@@H](C=O)C[C@H]2C. The summed E-state index contributed by atoms with van der Waals surface area (Å²) in [4.78, 5) is 82.5. The number of ketones is 2. The van der Waals surface area contributed by atoms with E-state index in [1.807, 2.05) is 32.1 Å². The average molecular weight is 922 g/mol. The number of carbonyl (C=O) groups is 6. The summed E-state index contributed by atoms with van der Waals surface area (Å²) < 4.78 is 23.9. The fraction of sp³-hybridized carbons (Fsp3) is 0.647. The van der Waals surface area contributed by atoms with Gasteiger partial charge < -0.3 is 49.1 Å². The van der Waals surface area contributed by atoms with Crippen LogP contribution in [-0.2, 0) is 42.9 Å². The summed E-state index contributed by atoms with van der Waals surface area (Å²) in [5.41, 5.74) is 2.34. The number of aliphatic hydroxyl groups is 3. The van der Waals surface area contributed by atoms with E-state index in [9.17, 15) is 49.2 Å². The summed E-state index contributed by atoms with van der Waals surface area (Å²) in [6.45, 7) is 8.91. The van der Waals surface area contributed by atoms with E-state index in [0.29, 0.717) is 56.8 Å². The minimum Gasteiger partial charge on any atom is -0.478 e. The third kappa shape index (κ3) is 12.8. The Kier molecular flexibility index (Phi) is 18.8. The Balaban J connectivity index is 1.55. The van der Waals surface area contributed by atoms with Crippen LogP contribution in [0.3, 0.4) is 0 Å². The molecule has 3 fully saturated rings. The number of hydrogen-bond donors (Lipinski definition) is 4. The number of Topliss-reactive ketones (excluding diaryl/α,β-unsaturated/α-hetero) is 2. The van der Waals surface area contributed by atoms with E-state index in [0.717, 1.165) is 16.0 Å². The van der Waals surface area contributed by atoms with Crippen molar-refractivity contribution < 1.29 is 68.1 Å². The molecule has 3 aliphatic heterocycles. The van der Waals surface area contributed by atoms with Gasteiger partial charge in [-0.25, -0.2) is 9.59 Å². The second-order valence-corrected chi connectivity index (χ2v) is 19.3. The lowest BCUT2D eigenvalue weighted by Crippen LogP contribution is -2.63. The van der Waals surface area contributed by atoms with Gasteiger partial charge in [-0.2, -0.15) is 0 Å². The number of ether oxygens (including phenoxy) is 4. The molecule has 66 heavy (non-hydrogen) atoms. The number of piperidine rings is 1. The van der Waals surface area contributed by atoms with Crippen molar-refractivity contribution in [3.63, 3.8) is 0 Å². The Labute approximate surface area is 388 Å². The lowest BCUT2D eigenvalue weighted by atomic mass is 9.78. The summed E-state index contributed by atoms with van der Waals surface area (Å²) >= 11 is 0. The summed E-state index contributed by atoms with van der Waals surface area (Å²) in [5.74, 6) is -10.6. The van der Waals surface area contributed by atoms with Gasteiger partial charge >= 0.3 is 11.9 Å². The van der Waals surface area contributed by atoms with E-state index >= 15 is 0 Å². The number of cyclic esters (lactones) is 1. The van der Waals surface area contributed by atoms with Crippen LogP contribution in [0, 0.1) is 35.5 Å². The lowest BCUT2D eigenvalue weighted by molar-refractivity contribution is -0.287. The third-order valence-electron chi connectivity index (χ3n) is 14.3. The topological polar surface area (TPSA) is 223 Å². The van der Waals surface area contributed by atoms with Gasteiger partial charge in [0.1, 0.15) is 24.2 Å². The number of amides is 1. The van der Waals surface area contributed by atoms with Crippen molar-refractivity contribution in [2.24, 2.45) is 35.5 Å². The first-order valence-corrected chi connectivity index (χ1v) is 23.5. The zero-order valence-electron chi connectivity index (χ0n) is 39.5. The number of nitrogens with zero attached hydrogens (tertiary/aromatic N) is 1. The van der Waals surface area contributed by atoms with Crippen molar-refractivity contribution >= 4 is 41.8 Å². The number of hydrogen-bond acceptors (Lipinski definition) is 13. The van der Waals surface area contributed by atoms with Crippen LogP contribution >= 0.6 is 0 Å². The smallest absolute Gasteiger partial charge is 0.335 e. The number of methoxy groups -OCH3 is 2. The fourth-order valence-electron chi connectivity index (χ4n) is 10.3. The van der Waals surface area contributed by atoms with Gasteiger partial charge in [-0.3, -0.25) is 14.4 Å². The second-order valence-electron chi connectivity index (χ2n) is 19.3. The molecule has 0 spiro atoms. The number of aldehydes is 1. The summed E-state index contributed by atoms with van der Waals surface area (Å²) in [5, 5.41) is 43.9. The highest BCUT2D eigenvalue weighted by Crippen LogP contribution is 2.40. The van der Waals surface area contributed by atoms with Crippen LogP contribution in [0.15, 0.2) is 53.6 Å². The number of aliphatic hydroxyl groups excluding tert-OH is 2. The molecule has 1 amide bonds. The molecule has 1 saturated carbocycles. The molecule has 4 N–H and O–H groups in total. The molecule has 15 nitrogen and oxygen atoms in total. The molecule has 3 heterocycles. The predicted molar refractivity (Wildman–Crippen MR) is 244 cm³/mol. The Bertz CT molecular complexity index is 1980. The molecule has 4 aliphatic rings. The van der Waals surface area contributed by atoms with Gasteiger partial charge in [0.2, 0.25) is 5.79 Å². The van der Waals surface area contributed by atoms with Crippen LogP contribution in [0.2, 0.25) is 0 Å². The normalized spacial score (nSPS) is 37.0. The van der Waals surface area contributed by atoms with E-state index in [1.54, 1.807) is 32.1 Å². The van der Waals surface area contributed by atoms with E-state index in [4.69, 9.17) is 18.9 Å². The van der Waals surface area contributed by atoms with Crippen LogP contribution in [-0.4, -0.2) is 130 Å². The van der Waals surface area contributed by atoms with Crippen LogP contribution < -0.4 is 0 Å². The van der Waals surface area contributed by atoms with Crippen LogP contribution in [0.25, 0.3) is 6.08 Å². The molecule has 15 heteroatoms. The fourth-order valence-corrected chi connectivity index (χ4v) is 10.3. The van der Waals surface area contributed by atoms with Crippen LogP contribution in [0.5, 0.6) is 0 Å². The summed E-state index contributed by atoms with van der Waals surface area (Å²) in [7, 11) is 2.99. The molecule has 1 aliphatic carbocycles. The predicted octanol–water partition coefficient (Wildman–Crippen LogP) is 5.66. The summed E-state index contributed by atoms with van der Waals surface area (Å²) in [6.07, 6.45) is 6.52. The minimum absolute atomic E-state index is 0.0260. The highest BCUT2D eigenvalue weighted by molar-refractivity contribution is 6.39. The Morgan fingerprint density at radius 3 is 2.27 bits per heavy atom. The maximum absolute atomic E-state index is 14.5. The van der Waals surface area contributed by atoms with Crippen molar-refractivity contribution in [2.75, 3.05) is 20.8 Å². The third-order valence-corrected chi connectivity index (χ3v) is 14.3. The quantitative estimate of drug-likeness (QED) is 0.102. The molecule has 0 aromatic heterocycles. The average Bonchev–Trinajstić information content (AvgIpc) is 3.29. The Hall–Kier alpha value is -4.38. The number of aromatic carboxylic acids is 1. The van der Waals surface area contributed by atoms with E-state index in [1.165, 1.54) is 33.3 Å². The monoisotopic (exact) mass is 921 g/mol. The van der Waals surface area contributed by atoms with Crippen LogP contribution in [0.1, 0.15) is 121 Å². The molecule has 1 aromatic carbocycles. The van der Waals surface area contributed by atoms with Gasteiger partial charge in [-0.1, -0.05) is 62.8 Å². The number of fused-ring (bicyclic) bond motifs is 3. The molecule has 364 valence electrons. The van der Waals surface area contributed by atoms with E-state index < -0.39 is 95.8 Å². The minimum atomic E-state index is -2.63. The lowest BCUT2D eigenvalue weighted by Gasteiger charge is -2.46. The van der Waals surface area contributed by atoms with Crippen molar-refractivity contribution in [3.05, 3.63) is 64.8 Å². The van der Waals surface area contributed by atoms with Crippen molar-refractivity contribution in [3.8, 4) is 0 Å². The van der Waals surface area contributed by atoms with Gasteiger partial charge in [0.05, 0.1) is 36.1 Å². The van der Waals surface area contributed by atoms with Crippen LogP contribution in [0.4, 0.5) is 0 Å². The van der Waals surface area contributed by atoms with Gasteiger partial charge in [0.15, 0.2) is 0 Å². The van der Waals surface area contributed by atoms with Crippen molar-refractivity contribution in [1.82, 2.24) is 4.90 Å². The first kappa shape index (κ1) is 52.6. The molecule has 1 aromatic rings. The van der Waals surface area contributed by atoms with Gasteiger partial charge in [-0.05, 0) is 113 Å².